The van der Waals surface area contributed by atoms with Gasteiger partial charge in [-0.3, -0.25) is 4.79 Å². The van der Waals surface area contributed by atoms with E-state index in [4.69, 9.17) is 11.6 Å². The fraction of sp³-hybridized carbons (Fsp3) is 0.348. The molecule has 0 spiro atoms. The van der Waals surface area contributed by atoms with Gasteiger partial charge in [0, 0.05) is 18.1 Å². The molecule has 7 heteroatoms. The zero-order valence-electron chi connectivity index (χ0n) is 16.9. The Kier molecular flexibility index (Phi) is 8.08. The summed E-state index contributed by atoms with van der Waals surface area (Å²) >= 11 is 5.90. The van der Waals surface area contributed by atoms with Crippen LogP contribution in [-0.4, -0.2) is 31.7 Å². The van der Waals surface area contributed by atoms with E-state index in [2.05, 4.69) is 11.4 Å². The first kappa shape index (κ1) is 22.5. The van der Waals surface area contributed by atoms with Crippen LogP contribution in [0.5, 0.6) is 0 Å². The Balaban J connectivity index is 1.69. The molecule has 1 amide bonds. The molecule has 0 bridgehead atoms. The number of amides is 1. The summed E-state index contributed by atoms with van der Waals surface area (Å²) in [5.41, 5.74) is 2.19. The summed E-state index contributed by atoms with van der Waals surface area (Å²) in [5, 5.41) is 3.33. The van der Waals surface area contributed by atoms with Crippen LogP contribution in [0.4, 0.5) is 0 Å². The molecule has 0 atom stereocenters. The SMILES string of the molecule is O=C(CN(Cc1ccccc1)S(=O)(=O)c1ccc(Cl)cc1)NCCC1=CCCCC1. The van der Waals surface area contributed by atoms with Gasteiger partial charge in [0.15, 0.2) is 0 Å². The van der Waals surface area contributed by atoms with Crippen molar-refractivity contribution in [1.82, 2.24) is 9.62 Å². The van der Waals surface area contributed by atoms with Gasteiger partial charge in [-0.25, -0.2) is 8.42 Å². The summed E-state index contributed by atoms with van der Waals surface area (Å²) in [7, 11) is -3.85. The van der Waals surface area contributed by atoms with Gasteiger partial charge in [0.25, 0.3) is 0 Å². The topological polar surface area (TPSA) is 66.5 Å². The molecule has 3 rings (SSSR count). The lowest BCUT2D eigenvalue weighted by Gasteiger charge is -2.22. The molecule has 0 radical (unpaired) electrons. The highest BCUT2D eigenvalue weighted by Gasteiger charge is 2.27. The Bertz CT molecular complexity index is 973. The molecule has 0 aromatic heterocycles. The molecular formula is C23H27ClN2O3S. The lowest BCUT2D eigenvalue weighted by Crippen LogP contribution is -2.40. The van der Waals surface area contributed by atoms with Gasteiger partial charge in [-0.2, -0.15) is 4.31 Å². The van der Waals surface area contributed by atoms with Crippen LogP contribution in [0.2, 0.25) is 5.02 Å². The molecule has 0 unspecified atom stereocenters. The van der Waals surface area contributed by atoms with E-state index in [0.717, 1.165) is 24.8 Å². The first-order valence-corrected chi connectivity index (χ1v) is 12.0. The monoisotopic (exact) mass is 446 g/mol. The summed E-state index contributed by atoms with van der Waals surface area (Å²) < 4.78 is 27.6. The van der Waals surface area contributed by atoms with Crippen LogP contribution in [0.1, 0.15) is 37.7 Å². The molecular weight excluding hydrogens is 420 g/mol. The first-order chi connectivity index (χ1) is 14.4. The largest absolute Gasteiger partial charge is 0.355 e. The van der Waals surface area contributed by atoms with Crippen molar-refractivity contribution in [3.8, 4) is 0 Å². The van der Waals surface area contributed by atoms with Gasteiger partial charge in [0.2, 0.25) is 15.9 Å². The Morgan fingerprint density at radius 1 is 1.03 bits per heavy atom. The van der Waals surface area contributed by atoms with Crippen LogP contribution in [0.3, 0.4) is 0 Å². The Morgan fingerprint density at radius 2 is 1.77 bits per heavy atom. The number of halogens is 1. The van der Waals surface area contributed by atoms with E-state index in [-0.39, 0.29) is 23.9 Å². The number of allylic oxidation sites excluding steroid dienone is 1. The standard InChI is InChI=1S/C23H27ClN2O3S/c24-21-11-13-22(14-12-21)30(28,29)26(17-20-9-5-2-6-10-20)18-23(27)25-16-15-19-7-3-1-4-8-19/h2,5-7,9-14H,1,3-4,8,15-18H2,(H,25,27). The molecule has 1 N–H and O–H groups in total. The van der Waals surface area contributed by atoms with Crippen LogP contribution in [0, 0.1) is 0 Å². The highest BCUT2D eigenvalue weighted by atomic mass is 35.5. The summed E-state index contributed by atoms with van der Waals surface area (Å²) in [4.78, 5) is 12.7. The van der Waals surface area contributed by atoms with E-state index < -0.39 is 10.0 Å². The maximum atomic E-state index is 13.2. The fourth-order valence-corrected chi connectivity index (χ4v) is 4.99. The van der Waals surface area contributed by atoms with Gasteiger partial charge in [-0.1, -0.05) is 53.6 Å². The quantitative estimate of drug-likeness (QED) is 0.575. The van der Waals surface area contributed by atoms with Crippen molar-refractivity contribution >= 4 is 27.5 Å². The molecule has 5 nitrogen and oxygen atoms in total. The number of benzene rings is 2. The molecule has 0 fully saturated rings. The Hall–Kier alpha value is -2.15. The zero-order chi connectivity index (χ0) is 21.4. The van der Waals surface area contributed by atoms with Crippen molar-refractivity contribution in [2.45, 2.75) is 43.5 Å². The molecule has 0 aliphatic heterocycles. The smallest absolute Gasteiger partial charge is 0.243 e. The third kappa shape index (κ3) is 6.42. The minimum absolute atomic E-state index is 0.114. The van der Waals surface area contributed by atoms with Crippen molar-refractivity contribution in [3.63, 3.8) is 0 Å². The van der Waals surface area contributed by atoms with Crippen molar-refractivity contribution < 1.29 is 13.2 Å². The molecule has 160 valence electrons. The van der Waals surface area contributed by atoms with Gasteiger partial charge in [-0.05, 0) is 61.9 Å². The second-order valence-corrected chi connectivity index (χ2v) is 9.80. The zero-order valence-corrected chi connectivity index (χ0v) is 18.5. The molecule has 2 aromatic carbocycles. The number of carbonyl (C=O) groups excluding carboxylic acids is 1. The predicted molar refractivity (Wildman–Crippen MR) is 120 cm³/mol. The van der Waals surface area contributed by atoms with E-state index in [1.54, 1.807) is 0 Å². The maximum absolute atomic E-state index is 13.2. The minimum Gasteiger partial charge on any atom is -0.355 e. The maximum Gasteiger partial charge on any atom is 0.243 e. The first-order valence-electron chi connectivity index (χ1n) is 10.2. The van der Waals surface area contributed by atoms with Crippen molar-refractivity contribution in [3.05, 3.63) is 76.8 Å². The fourth-order valence-electron chi connectivity index (χ4n) is 3.48. The van der Waals surface area contributed by atoms with Gasteiger partial charge in [0.1, 0.15) is 0 Å². The number of carbonyl (C=O) groups is 1. The van der Waals surface area contributed by atoms with E-state index in [0.29, 0.717) is 11.6 Å². The van der Waals surface area contributed by atoms with Gasteiger partial charge < -0.3 is 5.32 Å². The lowest BCUT2D eigenvalue weighted by atomic mass is 9.97. The van der Waals surface area contributed by atoms with Crippen LogP contribution in [0.15, 0.2) is 71.1 Å². The summed E-state index contributed by atoms with van der Waals surface area (Å²) in [6, 6.07) is 15.2. The van der Waals surface area contributed by atoms with Gasteiger partial charge >= 0.3 is 0 Å². The van der Waals surface area contributed by atoms with Crippen LogP contribution >= 0.6 is 11.6 Å². The van der Waals surface area contributed by atoms with Crippen LogP contribution < -0.4 is 5.32 Å². The normalized spacial score (nSPS) is 14.4. The number of hydrogen-bond donors (Lipinski definition) is 1. The molecule has 1 aliphatic rings. The average molecular weight is 447 g/mol. The molecule has 2 aromatic rings. The summed E-state index contributed by atoms with van der Waals surface area (Å²) in [6.45, 7) is 0.397. The molecule has 0 saturated heterocycles. The van der Waals surface area contributed by atoms with Crippen molar-refractivity contribution in [1.29, 1.82) is 0 Å². The number of hydrogen-bond acceptors (Lipinski definition) is 3. The highest BCUT2D eigenvalue weighted by molar-refractivity contribution is 7.89. The highest BCUT2D eigenvalue weighted by Crippen LogP contribution is 2.21. The number of rotatable bonds is 9. The van der Waals surface area contributed by atoms with E-state index in [1.165, 1.54) is 47.0 Å². The Morgan fingerprint density at radius 3 is 2.43 bits per heavy atom. The lowest BCUT2D eigenvalue weighted by molar-refractivity contribution is -0.121. The van der Waals surface area contributed by atoms with E-state index in [1.807, 2.05) is 30.3 Å². The second-order valence-electron chi connectivity index (χ2n) is 7.42. The van der Waals surface area contributed by atoms with Crippen molar-refractivity contribution in [2.75, 3.05) is 13.1 Å². The van der Waals surface area contributed by atoms with Gasteiger partial charge in [0.05, 0.1) is 11.4 Å². The third-order valence-corrected chi connectivity index (χ3v) is 7.18. The molecule has 30 heavy (non-hydrogen) atoms. The minimum atomic E-state index is -3.85. The summed E-state index contributed by atoms with van der Waals surface area (Å²) in [5.74, 6) is -0.306. The second kappa shape index (κ2) is 10.8. The molecule has 0 heterocycles. The van der Waals surface area contributed by atoms with Crippen molar-refractivity contribution in [2.24, 2.45) is 0 Å². The number of sulfonamides is 1. The van der Waals surface area contributed by atoms with E-state index in [9.17, 15) is 13.2 Å². The predicted octanol–water partition coefficient (Wildman–Crippen LogP) is 4.54. The summed E-state index contributed by atoms with van der Waals surface area (Å²) in [6.07, 6.45) is 7.68. The Labute approximate surface area is 183 Å². The number of nitrogens with one attached hydrogen (secondary N) is 1. The molecule has 1 aliphatic carbocycles. The van der Waals surface area contributed by atoms with E-state index >= 15 is 0 Å². The van der Waals surface area contributed by atoms with Crippen LogP contribution in [-0.2, 0) is 21.4 Å². The van der Waals surface area contributed by atoms with Crippen LogP contribution in [0.25, 0.3) is 0 Å². The third-order valence-electron chi connectivity index (χ3n) is 5.13. The average Bonchev–Trinajstić information content (AvgIpc) is 2.75. The number of nitrogens with zero attached hydrogens (tertiary/aromatic N) is 1. The molecule has 0 saturated carbocycles. The van der Waals surface area contributed by atoms with Gasteiger partial charge in [-0.15, -0.1) is 0 Å².